The Morgan fingerprint density at radius 3 is 0.882 bits per heavy atom. The van der Waals surface area contributed by atoms with Gasteiger partial charge in [-0.2, -0.15) is 0 Å². The van der Waals surface area contributed by atoms with Gasteiger partial charge in [0.05, 0.1) is 0 Å². The molecule has 206 valence electrons. The standard InChI is InChI=1S/C29H67N3Si2/c1-18-19-20-21-30(33(26(10)11,27(12)13)31(22(2)3)23(4)5)34(28(14)15,29(16)17)32(24(6)7)25(8)9/h22-29H,18-21H2,1-17H3. The van der Waals surface area contributed by atoms with Gasteiger partial charge in [-0.25, -0.2) is 0 Å². The van der Waals surface area contributed by atoms with Crippen molar-refractivity contribution in [1.29, 1.82) is 0 Å². The topological polar surface area (TPSA) is 9.72 Å². The zero-order valence-electron chi connectivity index (χ0n) is 26.8. The quantitative estimate of drug-likeness (QED) is 0.150. The molecule has 0 aromatic rings. The fourth-order valence-electron chi connectivity index (χ4n) is 8.06. The minimum Gasteiger partial charge on any atom is -0.320 e. The van der Waals surface area contributed by atoms with E-state index in [9.17, 15) is 0 Å². The molecule has 0 aliphatic carbocycles. The van der Waals surface area contributed by atoms with Crippen molar-refractivity contribution in [2.24, 2.45) is 0 Å². The normalized spacial score (nSPS) is 14.5. The number of rotatable bonds is 16. The van der Waals surface area contributed by atoms with Crippen molar-refractivity contribution in [2.75, 3.05) is 6.54 Å². The third-order valence-electron chi connectivity index (χ3n) is 8.30. The highest BCUT2D eigenvalue weighted by molar-refractivity contribution is 6.92. The molecule has 0 bridgehead atoms. The first kappa shape index (κ1) is 34.3. The van der Waals surface area contributed by atoms with Gasteiger partial charge in [0.25, 0.3) is 0 Å². The second-order valence-electron chi connectivity index (χ2n) is 13.2. The number of hydrogen-bond acceptors (Lipinski definition) is 3. The first-order valence-electron chi connectivity index (χ1n) is 14.8. The van der Waals surface area contributed by atoms with Gasteiger partial charge in [-0.1, -0.05) is 131 Å². The van der Waals surface area contributed by atoms with Gasteiger partial charge in [-0.15, -0.1) is 0 Å². The highest BCUT2D eigenvalue weighted by Crippen LogP contribution is 2.50. The molecule has 0 aliphatic rings. The summed E-state index contributed by atoms with van der Waals surface area (Å²) in [5.41, 5.74) is 2.68. The third kappa shape index (κ3) is 6.60. The first-order valence-corrected chi connectivity index (χ1v) is 18.9. The number of unbranched alkanes of at least 4 members (excludes halogenated alkanes) is 2. The molecule has 0 saturated carbocycles. The minimum atomic E-state index is -2.11. The van der Waals surface area contributed by atoms with E-state index in [0.29, 0.717) is 46.3 Å². The van der Waals surface area contributed by atoms with E-state index < -0.39 is 16.8 Å². The molecule has 0 amide bonds. The van der Waals surface area contributed by atoms with E-state index in [4.69, 9.17) is 0 Å². The van der Waals surface area contributed by atoms with E-state index in [2.05, 4.69) is 131 Å². The summed E-state index contributed by atoms with van der Waals surface area (Å²) >= 11 is 0. The Hall–Kier alpha value is 0.314. The Morgan fingerprint density at radius 2 is 0.706 bits per heavy atom. The maximum absolute atomic E-state index is 3.35. The van der Waals surface area contributed by atoms with Crippen molar-refractivity contribution in [3.05, 3.63) is 0 Å². The molecule has 34 heavy (non-hydrogen) atoms. The predicted octanol–water partition coefficient (Wildman–Crippen LogP) is 9.24. The Balaban J connectivity index is 7.83. The Morgan fingerprint density at radius 1 is 0.441 bits per heavy atom. The monoisotopic (exact) mass is 513 g/mol. The van der Waals surface area contributed by atoms with E-state index in [1.165, 1.54) is 25.8 Å². The number of nitrogens with zero attached hydrogens (tertiary/aromatic N) is 3. The maximum atomic E-state index is 3.35. The summed E-state index contributed by atoms with van der Waals surface area (Å²) in [6, 6.07) is 2.23. The van der Waals surface area contributed by atoms with Crippen LogP contribution in [0, 0.1) is 0 Å². The Kier molecular flexibility index (Phi) is 14.4. The molecule has 0 aliphatic heterocycles. The van der Waals surface area contributed by atoms with Crippen LogP contribution in [0.5, 0.6) is 0 Å². The lowest BCUT2D eigenvalue weighted by Gasteiger charge is -2.67. The van der Waals surface area contributed by atoms with Crippen molar-refractivity contribution in [3.8, 4) is 0 Å². The number of hydrogen-bond donors (Lipinski definition) is 0. The van der Waals surface area contributed by atoms with Crippen molar-refractivity contribution in [3.63, 3.8) is 0 Å². The lowest BCUT2D eigenvalue weighted by Crippen LogP contribution is -2.84. The fraction of sp³-hybridized carbons (Fsp3) is 1.00. The molecule has 0 spiro atoms. The van der Waals surface area contributed by atoms with Crippen molar-refractivity contribution in [2.45, 2.75) is 183 Å². The predicted molar refractivity (Wildman–Crippen MR) is 162 cm³/mol. The lowest BCUT2D eigenvalue weighted by atomic mass is 10.3. The van der Waals surface area contributed by atoms with Gasteiger partial charge in [0.2, 0.25) is 16.8 Å². The molecule has 0 aromatic heterocycles. The second-order valence-corrected chi connectivity index (χ2v) is 23.5. The average molecular weight is 514 g/mol. The van der Waals surface area contributed by atoms with Crippen LogP contribution in [0.2, 0.25) is 22.2 Å². The highest BCUT2D eigenvalue weighted by atomic mass is 28.4. The molecular weight excluding hydrogens is 447 g/mol. The van der Waals surface area contributed by atoms with Crippen LogP contribution >= 0.6 is 0 Å². The first-order chi connectivity index (χ1) is 15.5. The van der Waals surface area contributed by atoms with Gasteiger partial charge < -0.3 is 13.4 Å². The van der Waals surface area contributed by atoms with Crippen LogP contribution < -0.4 is 0 Å². The van der Waals surface area contributed by atoms with E-state index in [1.807, 2.05) is 0 Å². The lowest BCUT2D eigenvalue weighted by molar-refractivity contribution is 0.218. The highest BCUT2D eigenvalue weighted by Gasteiger charge is 2.63. The summed E-state index contributed by atoms with van der Waals surface area (Å²) in [6.07, 6.45) is 3.96. The summed E-state index contributed by atoms with van der Waals surface area (Å²) in [5.74, 6) is 0. The maximum Gasteiger partial charge on any atom is 0.206 e. The van der Waals surface area contributed by atoms with Crippen LogP contribution in [0.1, 0.15) is 137 Å². The molecule has 0 fully saturated rings. The van der Waals surface area contributed by atoms with Crippen molar-refractivity contribution < 1.29 is 0 Å². The Labute approximate surface area is 219 Å². The van der Waals surface area contributed by atoms with E-state index in [0.717, 1.165) is 0 Å². The van der Waals surface area contributed by atoms with Gasteiger partial charge in [0, 0.05) is 0 Å². The summed E-state index contributed by atoms with van der Waals surface area (Å²) in [5, 5.41) is 0. The van der Waals surface area contributed by atoms with Crippen molar-refractivity contribution >= 4 is 16.8 Å². The van der Waals surface area contributed by atoms with E-state index in [1.54, 1.807) is 0 Å². The van der Waals surface area contributed by atoms with Crippen LogP contribution in [0.15, 0.2) is 0 Å². The van der Waals surface area contributed by atoms with Crippen molar-refractivity contribution in [1.82, 2.24) is 13.4 Å². The third-order valence-corrected chi connectivity index (χ3v) is 23.1. The average Bonchev–Trinajstić information content (AvgIpc) is 2.65. The van der Waals surface area contributed by atoms with Gasteiger partial charge in [0.1, 0.15) is 0 Å². The fourth-order valence-corrected chi connectivity index (χ4v) is 26.6. The molecule has 3 nitrogen and oxygen atoms in total. The Bertz CT molecular complexity index is 480. The van der Waals surface area contributed by atoms with Crippen LogP contribution in [-0.2, 0) is 0 Å². The molecule has 0 radical (unpaired) electrons. The summed E-state index contributed by atoms with van der Waals surface area (Å²) in [4.78, 5) is 0. The second kappa shape index (κ2) is 14.3. The summed E-state index contributed by atoms with van der Waals surface area (Å²) in [6.45, 7) is 44.0. The SMILES string of the molecule is CCCCCN([Si](C(C)C)(C(C)C)N(C(C)C)C(C)C)[Si](C(C)C)(C(C)C)N(C(C)C)C(C)C. The summed E-state index contributed by atoms with van der Waals surface area (Å²) < 4.78 is 9.46. The minimum absolute atomic E-state index is 0.558. The van der Waals surface area contributed by atoms with Gasteiger partial charge in [0.15, 0.2) is 0 Å². The van der Waals surface area contributed by atoms with Crippen LogP contribution in [0.4, 0.5) is 0 Å². The molecule has 0 saturated heterocycles. The largest absolute Gasteiger partial charge is 0.320 e. The van der Waals surface area contributed by atoms with Gasteiger partial charge in [-0.3, -0.25) is 0 Å². The molecule has 0 rings (SSSR count). The van der Waals surface area contributed by atoms with Crippen LogP contribution in [-0.4, -0.2) is 60.9 Å². The van der Waals surface area contributed by atoms with E-state index in [-0.39, 0.29) is 0 Å². The molecule has 0 atom stereocenters. The molecule has 0 N–H and O–H groups in total. The van der Waals surface area contributed by atoms with Gasteiger partial charge >= 0.3 is 0 Å². The smallest absolute Gasteiger partial charge is 0.206 e. The molecule has 5 heteroatoms. The zero-order chi connectivity index (χ0) is 27.2. The van der Waals surface area contributed by atoms with E-state index >= 15 is 0 Å². The van der Waals surface area contributed by atoms with Crippen LogP contribution in [0.25, 0.3) is 0 Å². The molecule has 0 unspecified atom stereocenters. The zero-order valence-corrected chi connectivity index (χ0v) is 28.8. The van der Waals surface area contributed by atoms with Crippen LogP contribution in [0.3, 0.4) is 0 Å². The molecule has 0 aromatic carbocycles. The molecule has 0 heterocycles. The molecular formula is C29H67N3Si2. The van der Waals surface area contributed by atoms with Gasteiger partial charge in [-0.05, 0) is 59.3 Å². The summed E-state index contributed by atoms with van der Waals surface area (Å²) in [7, 11) is -4.23.